The molecule has 1 aromatic rings. The molecule has 1 aliphatic heterocycles. The molecule has 2 rings (SSSR count). The Morgan fingerprint density at radius 1 is 1.12 bits per heavy atom. The number of hydrogen-bond donors (Lipinski definition) is 1. The molecule has 0 unspecified atom stereocenters. The van der Waals surface area contributed by atoms with Gasteiger partial charge < -0.3 is 24.6 Å². The van der Waals surface area contributed by atoms with Crippen LogP contribution in [0.25, 0.3) is 0 Å². The van der Waals surface area contributed by atoms with Crippen molar-refractivity contribution in [1.29, 1.82) is 0 Å². The number of ether oxygens (including phenoxy) is 2. The summed E-state index contributed by atoms with van der Waals surface area (Å²) in [6.45, 7) is 6.07. The molecule has 1 aliphatic rings. The zero-order valence-corrected chi connectivity index (χ0v) is 14.7. The van der Waals surface area contributed by atoms with Gasteiger partial charge in [0.05, 0.1) is 19.8 Å². The predicted molar refractivity (Wildman–Crippen MR) is 90.3 cm³/mol. The molecule has 132 valence electrons. The van der Waals surface area contributed by atoms with Gasteiger partial charge >= 0.3 is 6.03 Å². The Kier molecular flexibility index (Phi) is 5.54. The Morgan fingerprint density at radius 3 is 2.29 bits per heavy atom. The first kappa shape index (κ1) is 17.9. The topological polar surface area (TPSA) is 71.1 Å². The first-order chi connectivity index (χ1) is 11.4. The number of urea groups is 1. The predicted octanol–water partition coefficient (Wildman–Crippen LogP) is 1.42. The van der Waals surface area contributed by atoms with Crippen molar-refractivity contribution in [3.05, 3.63) is 23.8 Å². The van der Waals surface area contributed by atoms with Gasteiger partial charge in [0.2, 0.25) is 6.41 Å². The summed E-state index contributed by atoms with van der Waals surface area (Å²) in [6, 6.07) is 5.46. The van der Waals surface area contributed by atoms with E-state index in [9.17, 15) is 9.59 Å². The number of nitrogens with zero attached hydrogens (tertiary/aromatic N) is 2. The normalized spacial score (nSPS) is 15.0. The number of methoxy groups -OCH3 is 2. The third-order valence-electron chi connectivity index (χ3n) is 4.28. The minimum absolute atomic E-state index is 0.139. The van der Waals surface area contributed by atoms with Crippen LogP contribution < -0.4 is 14.8 Å². The number of benzene rings is 1. The molecule has 1 saturated heterocycles. The van der Waals surface area contributed by atoms with Crippen LogP contribution in [0.1, 0.15) is 19.4 Å². The van der Waals surface area contributed by atoms with Gasteiger partial charge in [-0.05, 0) is 31.5 Å². The Labute approximate surface area is 142 Å². The second kappa shape index (κ2) is 7.42. The molecular formula is C17H25N3O4. The highest BCUT2D eigenvalue weighted by Crippen LogP contribution is 2.32. The number of nitrogens with one attached hydrogen (secondary N) is 1. The molecule has 24 heavy (non-hydrogen) atoms. The third kappa shape index (κ3) is 3.90. The van der Waals surface area contributed by atoms with Crippen molar-refractivity contribution in [2.75, 3.05) is 40.4 Å². The Morgan fingerprint density at radius 2 is 1.75 bits per heavy atom. The average molecular weight is 335 g/mol. The molecular weight excluding hydrogens is 310 g/mol. The lowest BCUT2D eigenvalue weighted by Crippen LogP contribution is -2.54. The van der Waals surface area contributed by atoms with Crippen LogP contribution in [0.4, 0.5) is 4.79 Å². The van der Waals surface area contributed by atoms with E-state index in [0.717, 1.165) is 12.0 Å². The third-order valence-corrected chi connectivity index (χ3v) is 4.28. The lowest BCUT2D eigenvalue weighted by Gasteiger charge is -2.36. The first-order valence-electron chi connectivity index (χ1n) is 7.90. The highest BCUT2D eigenvalue weighted by atomic mass is 16.5. The van der Waals surface area contributed by atoms with Gasteiger partial charge in [0, 0.05) is 26.2 Å². The maximum absolute atomic E-state index is 12.5. The van der Waals surface area contributed by atoms with Gasteiger partial charge in [-0.3, -0.25) is 4.79 Å². The Balaban J connectivity index is 2.07. The fourth-order valence-corrected chi connectivity index (χ4v) is 2.67. The van der Waals surface area contributed by atoms with Gasteiger partial charge in [-0.1, -0.05) is 6.07 Å². The van der Waals surface area contributed by atoms with Crippen LogP contribution in [0, 0.1) is 0 Å². The molecule has 0 bridgehead atoms. The fourth-order valence-electron chi connectivity index (χ4n) is 2.67. The molecule has 1 heterocycles. The number of carbonyl (C=O) groups is 2. The maximum atomic E-state index is 12.5. The number of amides is 3. The quantitative estimate of drug-likeness (QED) is 0.826. The summed E-state index contributed by atoms with van der Waals surface area (Å²) >= 11 is 0. The van der Waals surface area contributed by atoms with Gasteiger partial charge in [0.1, 0.15) is 0 Å². The van der Waals surface area contributed by atoms with Crippen molar-refractivity contribution in [3.8, 4) is 11.5 Å². The molecule has 0 aromatic heterocycles. The van der Waals surface area contributed by atoms with E-state index >= 15 is 0 Å². The van der Waals surface area contributed by atoms with Crippen molar-refractivity contribution in [2.45, 2.75) is 19.4 Å². The van der Waals surface area contributed by atoms with E-state index in [4.69, 9.17) is 9.47 Å². The largest absolute Gasteiger partial charge is 0.493 e. The minimum atomic E-state index is -0.571. The molecule has 1 fully saturated rings. The van der Waals surface area contributed by atoms with Gasteiger partial charge in [-0.15, -0.1) is 0 Å². The van der Waals surface area contributed by atoms with E-state index in [1.54, 1.807) is 24.0 Å². The van der Waals surface area contributed by atoms with Crippen LogP contribution in [0.5, 0.6) is 11.5 Å². The zero-order valence-electron chi connectivity index (χ0n) is 14.7. The lowest BCUT2D eigenvalue weighted by atomic mass is 9.94. The Bertz CT molecular complexity index is 595. The summed E-state index contributed by atoms with van der Waals surface area (Å²) in [5.74, 6) is 1.27. The summed E-state index contributed by atoms with van der Waals surface area (Å²) in [4.78, 5) is 26.7. The van der Waals surface area contributed by atoms with E-state index in [1.807, 2.05) is 32.0 Å². The van der Waals surface area contributed by atoms with Crippen molar-refractivity contribution < 1.29 is 19.1 Å². The zero-order chi connectivity index (χ0) is 17.7. The van der Waals surface area contributed by atoms with Crippen LogP contribution in [-0.2, 0) is 10.3 Å². The maximum Gasteiger partial charge on any atom is 0.318 e. The van der Waals surface area contributed by atoms with Crippen LogP contribution in [-0.4, -0.2) is 62.6 Å². The van der Waals surface area contributed by atoms with E-state index in [-0.39, 0.29) is 6.03 Å². The number of piperazine rings is 1. The summed E-state index contributed by atoms with van der Waals surface area (Å²) in [5, 5.41) is 3.05. The highest BCUT2D eigenvalue weighted by molar-refractivity contribution is 5.75. The molecule has 0 spiro atoms. The molecule has 7 nitrogen and oxygen atoms in total. The average Bonchev–Trinajstić information content (AvgIpc) is 2.60. The van der Waals surface area contributed by atoms with Crippen molar-refractivity contribution >= 4 is 12.4 Å². The van der Waals surface area contributed by atoms with Gasteiger partial charge in [-0.2, -0.15) is 0 Å². The number of carbonyl (C=O) groups excluding carboxylic acids is 2. The molecule has 3 amide bonds. The van der Waals surface area contributed by atoms with E-state index in [1.165, 1.54) is 0 Å². The second-order valence-corrected chi connectivity index (χ2v) is 6.25. The summed E-state index contributed by atoms with van der Waals surface area (Å²) < 4.78 is 10.6. The lowest BCUT2D eigenvalue weighted by molar-refractivity contribution is -0.119. The summed E-state index contributed by atoms with van der Waals surface area (Å²) in [7, 11) is 3.17. The molecule has 0 saturated carbocycles. The molecule has 0 aliphatic carbocycles. The van der Waals surface area contributed by atoms with Crippen molar-refractivity contribution in [2.24, 2.45) is 0 Å². The summed E-state index contributed by atoms with van der Waals surface area (Å²) in [5.41, 5.74) is 0.346. The van der Waals surface area contributed by atoms with Crippen LogP contribution in [0.15, 0.2) is 18.2 Å². The van der Waals surface area contributed by atoms with Gasteiger partial charge in [-0.25, -0.2) is 4.79 Å². The summed E-state index contributed by atoms with van der Waals surface area (Å²) in [6.07, 6.45) is 0.822. The van der Waals surface area contributed by atoms with Gasteiger partial charge in [0.15, 0.2) is 11.5 Å². The van der Waals surface area contributed by atoms with E-state index in [2.05, 4.69) is 5.32 Å². The van der Waals surface area contributed by atoms with Crippen molar-refractivity contribution in [3.63, 3.8) is 0 Å². The monoisotopic (exact) mass is 335 g/mol. The number of hydrogen-bond acceptors (Lipinski definition) is 4. The first-order valence-corrected chi connectivity index (χ1v) is 7.90. The van der Waals surface area contributed by atoms with Crippen LogP contribution >= 0.6 is 0 Å². The molecule has 0 atom stereocenters. The smallest absolute Gasteiger partial charge is 0.318 e. The standard InChI is InChI=1S/C17H25N3O4/c1-17(2,13-5-6-14(23-3)15(11-13)24-4)18-16(22)20-9-7-19(12-21)8-10-20/h5-6,11-12H,7-10H2,1-4H3,(H,18,22). The molecule has 7 heteroatoms. The Hall–Kier alpha value is -2.44. The van der Waals surface area contributed by atoms with Crippen LogP contribution in [0.3, 0.4) is 0 Å². The number of rotatable bonds is 5. The SMILES string of the molecule is COc1ccc(C(C)(C)NC(=O)N2CCN(C=O)CC2)cc1OC. The highest BCUT2D eigenvalue weighted by Gasteiger charge is 2.28. The second-order valence-electron chi connectivity index (χ2n) is 6.25. The van der Waals surface area contributed by atoms with Crippen LogP contribution in [0.2, 0.25) is 0 Å². The van der Waals surface area contributed by atoms with E-state index < -0.39 is 5.54 Å². The minimum Gasteiger partial charge on any atom is -0.493 e. The molecule has 1 aromatic carbocycles. The molecule has 1 N–H and O–H groups in total. The van der Waals surface area contributed by atoms with E-state index in [0.29, 0.717) is 37.7 Å². The molecule has 0 radical (unpaired) electrons. The fraction of sp³-hybridized carbons (Fsp3) is 0.529. The van der Waals surface area contributed by atoms with Gasteiger partial charge in [0.25, 0.3) is 0 Å². The van der Waals surface area contributed by atoms with Crippen molar-refractivity contribution in [1.82, 2.24) is 15.1 Å².